The van der Waals surface area contributed by atoms with Crippen molar-refractivity contribution in [3.8, 4) is 11.5 Å². The summed E-state index contributed by atoms with van der Waals surface area (Å²) >= 11 is 0. The number of ether oxygens (including phenoxy) is 1. The van der Waals surface area contributed by atoms with E-state index >= 15 is 0 Å². The molecule has 0 fully saturated rings. The Morgan fingerprint density at radius 3 is 2.59 bits per heavy atom. The summed E-state index contributed by atoms with van der Waals surface area (Å²) in [4.78, 5) is 16.1. The van der Waals surface area contributed by atoms with Gasteiger partial charge in [-0.05, 0) is 37.3 Å². The van der Waals surface area contributed by atoms with Crippen LogP contribution in [0.4, 0.5) is 6.01 Å². The van der Waals surface area contributed by atoms with Crippen molar-refractivity contribution in [3.05, 3.63) is 66.0 Å². The summed E-state index contributed by atoms with van der Waals surface area (Å²) in [6.45, 7) is 1.67. The van der Waals surface area contributed by atoms with E-state index in [1.165, 1.54) is 0 Å². The molecule has 1 heterocycles. The lowest BCUT2D eigenvalue weighted by Crippen LogP contribution is -2.12. The van der Waals surface area contributed by atoms with Crippen LogP contribution < -0.4 is 10.1 Å². The molecule has 1 aromatic heterocycles. The number of hydrogen-bond acceptors (Lipinski definition) is 5. The van der Waals surface area contributed by atoms with Crippen LogP contribution in [0, 0.1) is 6.92 Å². The Bertz CT molecular complexity index is 784. The molecular weight excluding hydrogens is 282 g/mol. The number of nitrogens with zero attached hydrogens (tertiary/aromatic N) is 2. The van der Waals surface area contributed by atoms with Gasteiger partial charge in [-0.15, -0.1) is 0 Å². The van der Waals surface area contributed by atoms with Crippen LogP contribution in [0.25, 0.3) is 0 Å². The monoisotopic (exact) mass is 295 g/mol. The first-order valence-corrected chi connectivity index (χ1v) is 6.65. The van der Waals surface area contributed by atoms with Crippen molar-refractivity contribution in [3.63, 3.8) is 0 Å². The lowest BCUT2D eigenvalue weighted by Gasteiger charge is -2.07. The molecule has 110 valence electrons. The molecule has 2 aromatic carbocycles. The molecule has 0 aliphatic carbocycles. The lowest BCUT2D eigenvalue weighted by molar-refractivity contribution is 0.102. The highest BCUT2D eigenvalue weighted by Gasteiger charge is 2.11. The number of aromatic nitrogens is 2. The van der Waals surface area contributed by atoms with Crippen molar-refractivity contribution in [1.29, 1.82) is 0 Å². The zero-order chi connectivity index (χ0) is 15.4. The van der Waals surface area contributed by atoms with Gasteiger partial charge in [0, 0.05) is 5.56 Å². The molecule has 0 aliphatic heterocycles. The molecule has 0 saturated heterocycles. The van der Waals surface area contributed by atoms with Crippen LogP contribution in [-0.4, -0.2) is 16.0 Å². The topological polar surface area (TPSA) is 77.2 Å². The van der Waals surface area contributed by atoms with E-state index in [1.807, 2.05) is 30.3 Å². The van der Waals surface area contributed by atoms with Crippen LogP contribution in [0.3, 0.4) is 0 Å². The number of amides is 1. The standard InChI is InChI=1S/C16H13N3O3/c1-11-17-16(22-19-11)18-15(20)12-6-5-9-14(10-12)21-13-7-3-2-4-8-13/h2-10H,1H3,(H,17,18,19,20). The Morgan fingerprint density at radius 1 is 1.09 bits per heavy atom. The van der Waals surface area contributed by atoms with Gasteiger partial charge in [0.25, 0.3) is 5.91 Å². The predicted molar refractivity (Wildman–Crippen MR) is 79.9 cm³/mol. The molecule has 0 aliphatic rings. The Hall–Kier alpha value is -3.15. The van der Waals surface area contributed by atoms with Crippen LogP contribution in [0.1, 0.15) is 16.2 Å². The number of para-hydroxylation sites is 1. The highest BCUT2D eigenvalue weighted by molar-refractivity contribution is 6.03. The first kappa shape index (κ1) is 13.8. The summed E-state index contributed by atoms with van der Waals surface area (Å²) in [5, 5.41) is 6.15. The molecule has 3 rings (SSSR count). The second-order valence-corrected chi connectivity index (χ2v) is 4.54. The smallest absolute Gasteiger partial charge is 0.328 e. The van der Waals surface area contributed by atoms with E-state index in [1.54, 1.807) is 31.2 Å². The molecule has 0 saturated carbocycles. The van der Waals surface area contributed by atoms with Crippen molar-refractivity contribution in [2.75, 3.05) is 5.32 Å². The average Bonchev–Trinajstić information content (AvgIpc) is 2.93. The summed E-state index contributed by atoms with van der Waals surface area (Å²) in [6.07, 6.45) is 0. The minimum atomic E-state index is -0.345. The molecule has 6 nitrogen and oxygen atoms in total. The van der Waals surface area contributed by atoms with Gasteiger partial charge in [0.15, 0.2) is 5.82 Å². The molecule has 0 atom stereocenters. The van der Waals surface area contributed by atoms with E-state index < -0.39 is 0 Å². The third-order valence-electron chi connectivity index (χ3n) is 2.82. The third-order valence-corrected chi connectivity index (χ3v) is 2.82. The quantitative estimate of drug-likeness (QED) is 0.798. The summed E-state index contributed by atoms with van der Waals surface area (Å²) in [7, 11) is 0. The van der Waals surface area contributed by atoms with Gasteiger partial charge in [-0.2, -0.15) is 4.98 Å². The average molecular weight is 295 g/mol. The van der Waals surface area contributed by atoms with Gasteiger partial charge in [0.2, 0.25) is 0 Å². The molecule has 0 unspecified atom stereocenters. The van der Waals surface area contributed by atoms with Crippen molar-refractivity contribution >= 4 is 11.9 Å². The third kappa shape index (κ3) is 3.29. The maximum Gasteiger partial charge on any atom is 0.328 e. The normalized spacial score (nSPS) is 10.2. The van der Waals surface area contributed by atoms with Gasteiger partial charge in [0.1, 0.15) is 11.5 Å². The van der Waals surface area contributed by atoms with E-state index in [4.69, 9.17) is 9.26 Å². The van der Waals surface area contributed by atoms with Gasteiger partial charge in [-0.25, -0.2) is 0 Å². The van der Waals surface area contributed by atoms with Crippen molar-refractivity contribution < 1.29 is 14.1 Å². The molecule has 0 radical (unpaired) electrons. The van der Waals surface area contributed by atoms with Crippen LogP contribution in [0.2, 0.25) is 0 Å². The number of hydrogen-bond donors (Lipinski definition) is 1. The van der Waals surface area contributed by atoms with E-state index in [0.717, 1.165) is 0 Å². The lowest BCUT2D eigenvalue weighted by atomic mass is 10.2. The molecule has 3 aromatic rings. The summed E-state index contributed by atoms with van der Waals surface area (Å²) in [6, 6.07) is 16.3. The maximum absolute atomic E-state index is 12.1. The Morgan fingerprint density at radius 2 is 1.86 bits per heavy atom. The Balaban J connectivity index is 1.74. The van der Waals surface area contributed by atoms with E-state index in [-0.39, 0.29) is 11.9 Å². The van der Waals surface area contributed by atoms with Gasteiger partial charge in [-0.1, -0.05) is 29.4 Å². The highest BCUT2D eigenvalue weighted by Crippen LogP contribution is 2.22. The fourth-order valence-corrected chi connectivity index (χ4v) is 1.84. The molecule has 1 amide bonds. The summed E-state index contributed by atoms with van der Waals surface area (Å²) in [5.41, 5.74) is 0.435. The fourth-order valence-electron chi connectivity index (χ4n) is 1.84. The number of carbonyl (C=O) groups is 1. The number of carbonyl (C=O) groups excluding carboxylic acids is 1. The second kappa shape index (κ2) is 6.09. The minimum Gasteiger partial charge on any atom is -0.457 e. The van der Waals surface area contributed by atoms with Crippen molar-refractivity contribution in [2.24, 2.45) is 0 Å². The predicted octanol–water partition coefficient (Wildman–Crippen LogP) is 3.42. The summed E-state index contributed by atoms with van der Waals surface area (Å²) < 4.78 is 10.6. The van der Waals surface area contributed by atoms with Gasteiger partial charge in [-0.3, -0.25) is 10.1 Å². The van der Waals surface area contributed by atoms with Crippen LogP contribution >= 0.6 is 0 Å². The minimum absolute atomic E-state index is 0.0666. The largest absolute Gasteiger partial charge is 0.457 e. The highest BCUT2D eigenvalue weighted by atomic mass is 16.5. The summed E-state index contributed by atoms with van der Waals surface area (Å²) in [5.74, 6) is 1.38. The Labute approximate surface area is 126 Å². The second-order valence-electron chi connectivity index (χ2n) is 4.54. The van der Waals surface area contributed by atoms with Crippen LogP contribution in [0.5, 0.6) is 11.5 Å². The van der Waals surface area contributed by atoms with Crippen molar-refractivity contribution in [2.45, 2.75) is 6.92 Å². The van der Waals surface area contributed by atoms with E-state index in [0.29, 0.717) is 22.9 Å². The van der Waals surface area contributed by atoms with Crippen molar-refractivity contribution in [1.82, 2.24) is 10.1 Å². The van der Waals surface area contributed by atoms with E-state index in [9.17, 15) is 4.79 Å². The first-order chi connectivity index (χ1) is 10.7. The molecule has 0 bridgehead atoms. The molecule has 0 spiro atoms. The van der Waals surface area contributed by atoms with Gasteiger partial charge >= 0.3 is 6.01 Å². The SMILES string of the molecule is Cc1noc(NC(=O)c2cccc(Oc3ccccc3)c2)n1. The fraction of sp³-hybridized carbons (Fsp3) is 0.0625. The Kier molecular flexibility index (Phi) is 3.82. The van der Waals surface area contributed by atoms with E-state index in [2.05, 4.69) is 15.5 Å². The van der Waals surface area contributed by atoms with Gasteiger partial charge in [0.05, 0.1) is 0 Å². The van der Waals surface area contributed by atoms with Gasteiger partial charge < -0.3 is 9.26 Å². The molecule has 22 heavy (non-hydrogen) atoms. The number of rotatable bonds is 4. The number of aryl methyl sites for hydroxylation is 1. The molecule has 1 N–H and O–H groups in total. The molecule has 6 heteroatoms. The zero-order valence-electron chi connectivity index (χ0n) is 11.8. The number of nitrogens with one attached hydrogen (secondary N) is 1. The van der Waals surface area contributed by atoms with Crippen LogP contribution in [0.15, 0.2) is 59.1 Å². The number of anilines is 1. The number of benzene rings is 2. The first-order valence-electron chi connectivity index (χ1n) is 6.65. The zero-order valence-corrected chi connectivity index (χ0v) is 11.8. The molecular formula is C16H13N3O3. The maximum atomic E-state index is 12.1. The van der Waals surface area contributed by atoms with Crippen LogP contribution in [-0.2, 0) is 0 Å².